The van der Waals surface area contributed by atoms with Gasteiger partial charge in [0.2, 0.25) is 0 Å². The predicted octanol–water partition coefficient (Wildman–Crippen LogP) is 3.98. The first-order valence-corrected chi connectivity index (χ1v) is 8.37. The number of hydrogen-bond acceptors (Lipinski definition) is 2. The Balaban J connectivity index is 1.55. The van der Waals surface area contributed by atoms with E-state index in [0.29, 0.717) is 5.41 Å². The first-order chi connectivity index (χ1) is 9.71. The molecule has 1 atom stereocenters. The summed E-state index contributed by atoms with van der Waals surface area (Å²) in [5, 5.41) is 11.2. The lowest BCUT2D eigenvalue weighted by Crippen LogP contribution is -2.42. The van der Waals surface area contributed by atoms with Crippen LogP contribution < -0.4 is 0 Å². The third-order valence-corrected chi connectivity index (χ3v) is 6.45. The number of rotatable bonds is 1. The van der Waals surface area contributed by atoms with Gasteiger partial charge in [0, 0.05) is 17.8 Å². The highest BCUT2D eigenvalue weighted by atomic mass is 16.3. The molecule has 1 aromatic rings. The van der Waals surface area contributed by atoms with Gasteiger partial charge < -0.3 is 5.11 Å². The van der Waals surface area contributed by atoms with Crippen LogP contribution in [0.4, 0.5) is 0 Å². The molecule has 0 saturated heterocycles. The average Bonchev–Trinajstić information content (AvgIpc) is 3.11. The van der Waals surface area contributed by atoms with Crippen LogP contribution >= 0.6 is 0 Å². The number of aromatic nitrogens is 1. The first kappa shape index (κ1) is 12.8. The Bertz CT molecular complexity index is 494. The summed E-state index contributed by atoms with van der Waals surface area (Å²) in [5.41, 5.74) is 2.68. The molecule has 2 fully saturated rings. The van der Waals surface area contributed by atoms with E-state index in [0.717, 1.165) is 25.7 Å². The van der Waals surface area contributed by atoms with E-state index in [2.05, 4.69) is 11.1 Å². The molecule has 0 aliphatic heterocycles. The monoisotopic (exact) mass is 271 g/mol. The molecule has 4 rings (SSSR count). The van der Waals surface area contributed by atoms with Gasteiger partial charge in [0.1, 0.15) is 0 Å². The fourth-order valence-corrected chi connectivity index (χ4v) is 5.12. The van der Waals surface area contributed by atoms with E-state index in [1.807, 2.05) is 12.3 Å². The van der Waals surface area contributed by atoms with E-state index >= 15 is 0 Å². The summed E-state index contributed by atoms with van der Waals surface area (Å²) in [6.07, 6.45) is 14.2. The minimum absolute atomic E-state index is 0.289. The van der Waals surface area contributed by atoms with Crippen molar-refractivity contribution in [3.8, 4) is 0 Å². The summed E-state index contributed by atoms with van der Waals surface area (Å²) in [4.78, 5) is 4.59. The maximum Gasteiger partial charge on any atom is 0.0731 e. The second-order valence-corrected chi connectivity index (χ2v) is 7.45. The van der Waals surface area contributed by atoms with Gasteiger partial charge in [-0.25, -0.2) is 0 Å². The SMILES string of the molecule is OC1(C2CCc3cccnc32)CCC2(CCCC2)CC1. The first-order valence-electron chi connectivity index (χ1n) is 8.37. The molecule has 0 amide bonds. The van der Waals surface area contributed by atoms with E-state index in [1.54, 1.807) is 0 Å². The molecular weight excluding hydrogens is 246 g/mol. The summed E-state index contributed by atoms with van der Waals surface area (Å²) in [7, 11) is 0. The van der Waals surface area contributed by atoms with E-state index < -0.39 is 5.60 Å². The van der Waals surface area contributed by atoms with Gasteiger partial charge in [0.25, 0.3) is 0 Å². The highest BCUT2D eigenvalue weighted by Crippen LogP contribution is 2.55. The summed E-state index contributed by atoms with van der Waals surface area (Å²) in [6, 6.07) is 4.21. The van der Waals surface area contributed by atoms with Gasteiger partial charge in [-0.1, -0.05) is 18.9 Å². The number of fused-ring (bicyclic) bond motifs is 1. The van der Waals surface area contributed by atoms with Crippen molar-refractivity contribution in [2.45, 2.75) is 75.7 Å². The zero-order valence-electron chi connectivity index (χ0n) is 12.3. The Morgan fingerprint density at radius 1 is 1.05 bits per heavy atom. The quantitative estimate of drug-likeness (QED) is 0.838. The molecule has 1 spiro atoms. The van der Waals surface area contributed by atoms with Gasteiger partial charge in [-0.3, -0.25) is 4.98 Å². The lowest BCUT2D eigenvalue weighted by atomic mass is 9.64. The second kappa shape index (κ2) is 4.56. The topological polar surface area (TPSA) is 33.1 Å². The summed E-state index contributed by atoms with van der Waals surface area (Å²) < 4.78 is 0. The van der Waals surface area contributed by atoms with Crippen LogP contribution in [0.3, 0.4) is 0 Å². The third-order valence-electron chi connectivity index (χ3n) is 6.45. The Labute approximate surface area is 121 Å². The standard InChI is InChI=1S/C18H25NO/c20-18(11-9-17(10-12-18)7-1-2-8-17)15-6-5-14-4-3-13-19-16(14)15/h3-4,13,15,20H,1-2,5-12H2. The van der Waals surface area contributed by atoms with Crippen molar-refractivity contribution in [3.05, 3.63) is 29.6 Å². The molecule has 20 heavy (non-hydrogen) atoms. The molecule has 0 bridgehead atoms. The van der Waals surface area contributed by atoms with E-state index in [1.165, 1.54) is 49.8 Å². The van der Waals surface area contributed by atoms with Gasteiger partial charge in [0.05, 0.1) is 5.60 Å². The molecule has 3 aliphatic carbocycles. The zero-order chi connectivity index (χ0) is 13.6. The molecule has 2 nitrogen and oxygen atoms in total. The molecule has 2 heteroatoms. The molecule has 3 aliphatic rings. The number of pyridine rings is 1. The van der Waals surface area contributed by atoms with E-state index in [-0.39, 0.29) is 5.92 Å². The molecule has 108 valence electrons. The average molecular weight is 271 g/mol. The van der Waals surface area contributed by atoms with Gasteiger partial charge in [-0.2, -0.15) is 0 Å². The van der Waals surface area contributed by atoms with Crippen LogP contribution in [0.15, 0.2) is 18.3 Å². The molecule has 0 radical (unpaired) electrons. The number of nitrogens with zero attached hydrogens (tertiary/aromatic N) is 1. The van der Waals surface area contributed by atoms with E-state index in [4.69, 9.17) is 0 Å². The molecule has 1 heterocycles. The second-order valence-electron chi connectivity index (χ2n) is 7.45. The predicted molar refractivity (Wildman–Crippen MR) is 79.6 cm³/mol. The van der Waals surface area contributed by atoms with Crippen LogP contribution in [-0.2, 0) is 6.42 Å². The fraction of sp³-hybridized carbons (Fsp3) is 0.722. The van der Waals surface area contributed by atoms with Crippen molar-refractivity contribution >= 4 is 0 Å². The van der Waals surface area contributed by atoms with Crippen molar-refractivity contribution in [1.82, 2.24) is 4.98 Å². The maximum atomic E-state index is 11.2. The molecule has 1 N–H and O–H groups in total. The molecular formula is C18H25NO. The zero-order valence-corrected chi connectivity index (χ0v) is 12.3. The molecule has 1 unspecified atom stereocenters. The Morgan fingerprint density at radius 2 is 1.80 bits per heavy atom. The summed E-state index contributed by atoms with van der Waals surface area (Å²) >= 11 is 0. The van der Waals surface area contributed by atoms with E-state index in [9.17, 15) is 5.11 Å². The highest BCUT2D eigenvalue weighted by Gasteiger charge is 2.48. The minimum Gasteiger partial charge on any atom is -0.389 e. The van der Waals surface area contributed by atoms with Gasteiger partial charge in [-0.05, 0) is 68.4 Å². The highest BCUT2D eigenvalue weighted by molar-refractivity contribution is 5.31. The van der Waals surface area contributed by atoms with Crippen LogP contribution in [0.5, 0.6) is 0 Å². The summed E-state index contributed by atoms with van der Waals surface area (Å²) in [6.45, 7) is 0. The third kappa shape index (κ3) is 1.92. The lowest BCUT2D eigenvalue weighted by molar-refractivity contribution is -0.0539. The van der Waals surface area contributed by atoms with Crippen molar-refractivity contribution in [2.75, 3.05) is 0 Å². The molecule has 0 aromatic carbocycles. The fourth-order valence-electron chi connectivity index (χ4n) is 5.12. The van der Waals surface area contributed by atoms with Crippen molar-refractivity contribution in [3.63, 3.8) is 0 Å². The molecule has 1 aromatic heterocycles. The largest absolute Gasteiger partial charge is 0.389 e. The Morgan fingerprint density at radius 3 is 2.55 bits per heavy atom. The maximum absolute atomic E-state index is 11.2. The summed E-state index contributed by atoms with van der Waals surface area (Å²) in [5.74, 6) is 0.289. The molecule has 2 saturated carbocycles. The smallest absolute Gasteiger partial charge is 0.0731 e. The van der Waals surface area contributed by atoms with Crippen molar-refractivity contribution in [2.24, 2.45) is 5.41 Å². The van der Waals surface area contributed by atoms with Gasteiger partial charge in [-0.15, -0.1) is 0 Å². The normalized spacial score (nSPS) is 30.6. The Kier molecular flexibility index (Phi) is 2.92. The minimum atomic E-state index is -0.479. The van der Waals surface area contributed by atoms with Crippen LogP contribution in [0.25, 0.3) is 0 Å². The van der Waals surface area contributed by atoms with Crippen LogP contribution in [0.1, 0.15) is 75.0 Å². The van der Waals surface area contributed by atoms with Crippen molar-refractivity contribution < 1.29 is 5.11 Å². The number of hydrogen-bond donors (Lipinski definition) is 1. The number of aliphatic hydroxyl groups is 1. The van der Waals surface area contributed by atoms with Crippen molar-refractivity contribution in [1.29, 1.82) is 0 Å². The van der Waals surface area contributed by atoms with Gasteiger partial charge in [0.15, 0.2) is 0 Å². The number of aryl methyl sites for hydroxylation is 1. The van der Waals surface area contributed by atoms with Crippen LogP contribution in [0, 0.1) is 5.41 Å². The van der Waals surface area contributed by atoms with Gasteiger partial charge >= 0.3 is 0 Å². The van der Waals surface area contributed by atoms with Crippen LogP contribution in [0.2, 0.25) is 0 Å². The lowest BCUT2D eigenvalue weighted by Gasteiger charge is -2.45. The van der Waals surface area contributed by atoms with Crippen LogP contribution in [-0.4, -0.2) is 15.7 Å². The Hall–Kier alpha value is -0.890.